The van der Waals surface area contributed by atoms with Crippen molar-refractivity contribution in [2.45, 2.75) is 6.42 Å². The number of anilines is 2. The number of nitrogens with zero attached hydrogens (tertiary/aromatic N) is 3. The van der Waals surface area contributed by atoms with Gasteiger partial charge in [-0.15, -0.1) is 0 Å². The van der Waals surface area contributed by atoms with Gasteiger partial charge in [0.05, 0.1) is 16.6 Å². The highest BCUT2D eigenvalue weighted by Gasteiger charge is 2.08. The lowest BCUT2D eigenvalue weighted by Gasteiger charge is -2.04. The Morgan fingerprint density at radius 3 is 2.70 bits per heavy atom. The second-order valence-electron chi connectivity index (χ2n) is 5.96. The maximum absolute atomic E-state index is 11.6. The first-order valence-corrected chi connectivity index (χ1v) is 9.26. The van der Waals surface area contributed by atoms with E-state index in [1.54, 1.807) is 37.0 Å². The van der Waals surface area contributed by atoms with E-state index in [0.29, 0.717) is 12.2 Å². The van der Waals surface area contributed by atoms with Gasteiger partial charge in [-0.05, 0) is 53.1 Å². The molecule has 0 atom stereocenters. The number of hydrogen-bond acceptors (Lipinski definition) is 6. The predicted octanol–water partition coefficient (Wildman–Crippen LogP) is 3.79. The molecule has 0 radical (unpaired) electrons. The van der Waals surface area contributed by atoms with Crippen LogP contribution in [0.25, 0.3) is 21.3 Å². The molecular weight excluding hydrogens is 358 g/mol. The fourth-order valence-corrected chi connectivity index (χ4v) is 3.65. The SMILES string of the molecule is CNC(=O)Cc1ccnc(Nc2nc3ccc(-c4ccncc4)cc3s2)c1. The van der Waals surface area contributed by atoms with Crippen molar-refractivity contribution in [3.05, 3.63) is 66.6 Å². The quantitative estimate of drug-likeness (QED) is 0.555. The van der Waals surface area contributed by atoms with Crippen LogP contribution in [0.4, 0.5) is 10.9 Å². The number of pyridine rings is 2. The van der Waals surface area contributed by atoms with E-state index in [9.17, 15) is 4.79 Å². The van der Waals surface area contributed by atoms with Crippen LogP contribution in [0, 0.1) is 0 Å². The molecule has 1 amide bonds. The smallest absolute Gasteiger partial charge is 0.224 e. The number of fused-ring (bicyclic) bond motifs is 1. The van der Waals surface area contributed by atoms with E-state index in [1.165, 1.54) is 0 Å². The summed E-state index contributed by atoms with van der Waals surface area (Å²) in [6.07, 6.45) is 5.59. The Labute approximate surface area is 160 Å². The number of nitrogens with one attached hydrogen (secondary N) is 2. The van der Waals surface area contributed by atoms with E-state index < -0.39 is 0 Å². The number of hydrogen-bond donors (Lipinski definition) is 2. The van der Waals surface area contributed by atoms with Crippen molar-refractivity contribution in [2.24, 2.45) is 0 Å². The van der Waals surface area contributed by atoms with Gasteiger partial charge < -0.3 is 10.6 Å². The van der Waals surface area contributed by atoms with E-state index in [-0.39, 0.29) is 5.91 Å². The highest BCUT2D eigenvalue weighted by Crippen LogP contribution is 2.31. The molecule has 0 spiro atoms. The van der Waals surface area contributed by atoms with Gasteiger partial charge in [-0.25, -0.2) is 9.97 Å². The maximum Gasteiger partial charge on any atom is 0.224 e. The number of benzene rings is 1. The Morgan fingerprint density at radius 1 is 1.04 bits per heavy atom. The van der Waals surface area contributed by atoms with Crippen LogP contribution in [-0.2, 0) is 11.2 Å². The van der Waals surface area contributed by atoms with E-state index in [0.717, 1.165) is 32.0 Å². The third kappa shape index (κ3) is 3.93. The summed E-state index contributed by atoms with van der Waals surface area (Å²) in [7, 11) is 1.63. The van der Waals surface area contributed by atoms with Gasteiger partial charge in [-0.2, -0.15) is 0 Å². The van der Waals surface area contributed by atoms with Crippen LogP contribution in [0.5, 0.6) is 0 Å². The van der Waals surface area contributed by atoms with Gasteiger partial charge in [-0.3, -0.25) is 9.78 Å². The molecule has 0 saturated heterocycles. The van der Waals surface area contributed by atoms with Crippen molar-refractivity contribution in [3.8, 4) is 11.1 Å². The van der Waals surface area contributed by atoms with Gasteiger partial charge in [0.2, 0.25) is 5.91 Å². The lowest BCUT2D eigenvalue weighted by atomic mass is 10.1. The van der Waals surface area contributed by atoms with Crippen LogP contribution < -0.4 is 10.6 Å². The van der Waals surface area contributed by atoms with Crippen molar-refractivity contribution < 1.29 is 4.79 Å². The molecule has 4 rings (SSSR count). The summed E-state index contributed by atoms with van der Waals surface area (Å²) in [5.74, 6) is 0.639. The van der Waals surface area contributed by atoms with Gasteiger partial charge in [0.15, 0.2) is 5.13 Å². The van der Waals surface area contributed by atoms with Gasteiger partial charge in [0.25, 0.3) is 0 Å². The van der Waals surface area contributed by atoms with Crippen LogP contribution in [0.2, 0.25) is 0 Å². The Hall–Kier alpha value is -3.32. The summed E-state index contributed by atoms with van der Waals surface area (Å²) in [6, 6.07) is 13.9. The van der Waals surface area contributed by atoms with Gasteiger partial charge >= 0.3 is 0 Å². The van der Waals surface area contributed by atoms with Crippen LogP contribution in [-0.4, -0.2) is 27.9 Å². The number of rotatable bonds is 5. The average molecular weight is 375 g/mol. The zero-order valence-electron chi connectivity index (χ0n) is 14.6. The van der Waals surface area contributed by atoms with Crippen molar-refractivity contribution in [3.63, 3.8) is 0 Å². The summed E-state index contributed by atoms with van der Waals surface area (Å²) in [5.41, 5.74) is 4.08. The molecule has 27 heavy (non-hydrogen) atoms. The van der Waals surface area contributed by atoms with Gasteiger partial charge in [-0.1, -0.05) is 17.4 Å². The van der Waals surface area contributed by atoms with E-state index >= 15 is 0 Å². The molecule has 0 aliphatic heterocycles. The molecular formula is C20H17N5OS. The predicted molar refractivity (Wildman–Crippen MR) is 108 cm³/mol. The molecule has 2 N–H and O–H groups in total. The summed E-state index contributed by atoms with van der Waals surface area (Å²) in [6.45, 7) is 0. The normalized spacial score (nSPS) is 10.7. The maximum atomic E-state index is 11.6. The summed E-state index contributed by atoms with van der Waals surface area (Å²) in [4.78, 5) is 24.6. The van der Waals surface area contributed by atoms with Crippen LogP contribution in [0.15, 0.2) is 61.1 Å². The van der Waals surface area contributed by atoms with Crippen molar-refractivity contribution in [1.82, 2.24) is 20.3 Å². The largest absolute Gasteiger partial charge is 0.359 e. The molecule has 4 aromatic rings. The highest BCUT2D eigenvalue weighted by molar-refractivity contribution is 7.22. The van der Waals surface area contributed by atoms with E-state index in [2.05, 4.69) is 37.7 Å². The topological polar surface area (TPSA) is 79.8 Å². The fraction of sp³-hybridized carbons (Fsp3) is 0.100. The zero-order valence-corrected chi connectivity index (χ0v) is 15.5. The second-order valence-corrected chi connectivity index (χ2v) is 6.99. The van der Waals surface area contributed by atoms with Crippen molar-refractivity contribution in [1.29, 1.82) is 0 Å². The monoisotopic (exact) mass is 375 g/mol. The fourth-order valence-electron chi connectivity index (χ4n) is 2.74. The van der Waals surface area contributed by atoms with Crippen molar-refractivity contribution >= 4 is 38.4 Å². The molecule has 0 aliphatic rings. The molecule has 134 valence electrons. The Kier molecular flexibility index (Phi) is 4.76. The first-order valence-electron chi connectivity index (χ1n) is 8.45. The summed E-state index contributed by atoms with van der Waals surface area (Å²) in [5, 5.41) is 6.63. The molecule has 7 heteroatoms. The van der Waals surface area contributed by atoms with E-state index in [4.69, 9.17) is 0 Å². The number of thiazole rings is 1. The summed E-state index contributed by atoms with van der Waals surface area (Å²) < 4.78 is 1.09. The number of amides is 1. The van der Waals surface area contributed by atoms with E-state index in [1.807, 2.05) is 30.3 Å². The highest BCUT2D eigenvalue weighted by atomic mass is 32.1. The van der Waals surface area contributed by atoms with Gasteiger partial charge in [0, 0.05) is 25.6 Å². The number of carbonyl (C=O) groups is 1. The Balaban J connectivity index is 1.58. The lowest BCUT2D eigenvalue weighted by Crippen LogP contribution is -2.19. The molecule has 0 saturated carbocycles. The van der Waals surface area contributed by atoms with Crippen molar-refractivity contribution in [2.75, 3.05) is 12.4 Å². The standard InChI is InChI=1S/C20H17N5OS/c1-21-19(26)11-13-4-9-23-18(10-13)25-20-24-16-3-2-15(12-17(16)27-20)14-5-7-22-8-6-14/h2-10,12H,11H2,1H3,(H,21,26)(H,23,24,25). The molecule has 0 bridgehead atoms. The Bertz CT molecular complexity index is 1090. The molecule has 3 heterocycles. The second kappa shape index (κ2) is 7.51. The first kappa shape index (κ1) is 17.1. The molecule has 0 aliphatic carbocycles. The minimum absolute atomic E-state index is 0.0317. The average Bonchev–Trinajstić information content (AvgIpc) is 3.10. The summed E-state index contributed by atoms with van der Waals surface area (Å²) >= 11 is 1.57. The zero-order chi connectivity index (χ0) is 18.6. The van der Waals surface area contributed by atoms with Crippen LogP contribution in [0.3, 0.4) is 0 Å². The molecule has 1 aromatic carbocycles. The molecule has 0 unspecified atom stereocenters. The minimum atomic E-state index is -0.0317. The third-order valence-corrected chi connectivity index (χ3v) is 5.04. The number of aromatic nitrogens is 3. The Morgan fingerprint density at radius 2 is 1.89 bits per heavy atom. The number of carbonyl (C=O) groups excluding carboxylic acids is 1. The van der Waals surface area contributed by atoms with Crippen LogP contribution in [0.1, 0.15) is 5.56 Å². The van der Waals surface area contributed by atoms with Crippen LogP contribution >= 0.6 is 11.3 Å². The molecule has 6 nitrogen and oxygen atoms in total. The van der Waals surface area contributed by atoms with Gasteiger partial charge in [0.1, 0.15) is 5.82 Å². The minimum Gasteiger partial charge on any atom is -0.359 e. The lowest BCUT2D eigenvalue weighted by molar-refractivity contribution is -0.119. The first-order chi connectivity index (χ1) is 13.2. The molecule has 0 fully saturated rings. The molecule has 3 aromatic heterocycles. The third-order valence-electron chi connectivity index (χ3n) is 4.10. The number of likely N-dealkylation sites (N-methyl/N-ethyl adjacent to an activating group) is 1.